The number of anilines is 1. The molecule has 2 aromatic rings. The Balaban J connectivity index is 1.83. The van der Waals surface area contributed by atoms with Crippen molar-refractivity contribution in [3.05, 3.63) is 63.6 Å². The molecule has 1 aliphatic heterocycles. The molecule has 1 amide bonds. The summed E-state index contributed by atoms with van der Waals surface area (Å²) in [7, 11) is 0. The van der Waals surface area contributed by atoms with E-state index >= 15 is 0 Å². The second kappa shape index (κ2) is 5.30. The van der Waals surface area contributed by atoms with Crippen molar-refractivity contribution >= 4 is 11.6 Å². The molecule has 0 aliphatic carbocycles. The van der Waals surface area contributed by atoms with Gasteiger partial charge in [0.2, 0.25) is 0 Å². The third kappa shape index (κ3) is 2.48. The Morgan fingerprint density at radius 1 is 1.20 bits per heavy atom. The molecule has 1 aliphatic rings. The van der Waals surface area contributed by atoms with Gasteiger partial charge in [0.25, 0.3) is 5.91 Å². The molecule has 0 atom stereocenters. The van der Waals surface area contributed by atoms with Gasteiger partial charge in [0.1, 0.15) is 5.56 Å². The van der Waals surface area contributed by atoms with Gasteiger partial charge in [-0.2, -0.15) is 0 Å². The van der Waals surface area contributed by atoms with Gasteiger partial charge in [0.05, 0.1) is 0 Å². The first-order valence-corrected chi connectivity index (χ1v) is 6.55. The van der Waals surface area contributed by atoms with Crippen LogP contribution in [0.5, 0.6) is 0 Å². The third-order valence-electron chi connectivity index (χ3n) is 3.42. The molecule has 0 unspecified atom stereocenters. The van der Waals surface area contributed by atoms with Crippen LogP contribution in [0.1, 0.15) is 21.5 Å². The van der Waals surface area contributed by atoms with Crippen LogP contribution in [0.25, 0.3) is 0 Å². The zero-order valence-corrected chi connectivity index (χ0v) is 10.9. The molecule has 0 saturated carbocycles. The van der Waals surface area contributed by atoms with E-state index in [2.05, 4.69) is 15.6 Å². The van der Waals surface area contributed by atoms with Crippen LogP contribution in [0.2, 0.25) is 0 Å². The molecule has 1 aromatic heterocycles. The maximum Gasteiger partial charge on any atom is 0.261 e. The second-order valence-electron chi connectivity index (χ2n) is 4.79. The number of hydrogen-bond acceptors (Lipinski definition) is 3. The fourth-order valence-corrected chi connectivity index (χ4v) is 2.35. The van der Waals surface area contributed by atoms with Gasteiger partial charge in [-0.1, -0.05) is 6.07 Å². The first-order chi connectivity index (χ1) is 9.74. The summed E-state index contributed by atoms with van der Waals surface area (Å²) >= 11 is 0. The molecule has 102 valence electrons. The lowest BCUT2D eigenvalue weighted by molar-refractivity contribution is 0.102. The largest absolute Gasteiger partial charge is 0.367 e. The van der Waals surface area contributed by atoms with E-state index in [1.807, 2.05) is 18.2 Å². The van der Waals surface area contributed by atoms with Crippen molar-refractivity contribution in [1.29, 1.82) is 0 Å². The highest BCUT2D eigenvalue weighted by molar-refractivity contribution is 6.04. The average molecular weight is 269 g/mol. The van der Waals surface area contributed by atoms with Crippen molar-refractivity contribution < 1.29 is 4.79 Å². The van der Waals surface area contributed by atoms with Crippen LogP contribution < -0.4 is 16.1 Å². The normalized spacial score (nSPS) is 13.6. The predicted octanol–water partition coefficient (Wildman–Crippen LogP) is 1.27. The Kier molecular flexibility index (Phi) is 3.35. The summed E-state index contributed by atoms with van der Waals surface area (Å²) in [6.07, 6.45) is 3.92. The molecule has 0 saturated heterocycles. The number of nitrogens with one attached hydrogen (secondary N) is 3. The molecular weight excluding hydrogens is 254 g/mol. The summed E-state index contributed by atoms with van der Waals surface area (Å²) in [5.74, 6) is -0.393. The summed E-state index contributed by atoms with van der Waals surface area (Å²) in [6.45, 7) is 1.79. The van der Waals surface area contributed by atoms with Gasteiger partial charge < -0.3 is 15.6 Å². The standard InChI is InChI=1S/C15H15N3O2/c19-14-4-6-17-9-13(14)15(20)18-12-2-1-10-3-5-16-8-11(10)7-12/h1-2,4,6-7,9,16H,3,5,8H2,(H,17,19)(H,18,20). The SMILES string of the molecule is O=C(Nc1ccc2c(c1)CNCC2)c1c[nH]ccc1=O. The molecule has 0 fully saturated rings. The molecule has 20 heavy (non-hydrogen) atoms. The number of rotatable bonds is 2. The summed E-state index contributed by atoms with van der Waals surface area (Å²) in [4.78, 5) is 26.4. The minimum atomic E-state index is -0.393. The summed E-state index contributed by atoms with van der Waals surface area (Å²) in [6, 6.07) is 7.20. The monoisotopic (exact) mass is 269 g/mol. The lowest BCUT2D eigenvalue weighted by Gasteiger charge is -2.18. The molecule has 0 bridgehead atoms. The zero-order valence-electron chi connectivity index (χ0n) is 10.9. The molecule has 5 heteroatoms. The fourth-order valence-electron chi connectivity index (χ4n) is 2.35. The summed E-state index contributed by atoms with van der Waals surface area (Å²) in [5.41, 5.74) is 3.03. The number of carbonyl (C=O) groups is 1. The van der Waals surface area contributed by atoms with Crippen LogP contribution in [-0.2, 0) is 13.0 Å². The van der Waals surface area contributed by atoms with E-state index in [0.717, 1.165) is 19.5 Å². The summed E-state index contributed by atoms with van der Waals surface area (Å²) in [5, 5.41) is 6.06. The quantitative estimate of drug-likeness (QED) is 0.768. The first kappa shape index (κ1) is 12.6. The van der Waals surface area contributed by atoms with Crippen molar-refractivity contribution in [3.8, 4) is 0 Å². The van der Waals surface area contributed by atoms with Gasteiger partial charge in [-0.25, -0.2) is 0 Å². The number of aromatic amines is 1. The van der Waals surface area contributed by atoms with Gasteiger partial charge in [0.15, 0.2) is 5.43 Å². The van der Waals surface area contributed by atoms with Gasteiger partial charge >= 0.3 is 0 Å². The van der Waals surface area contributed by atoms with Crippen molar-refractivity contribution in [1.82, 2.24) is 10.3 Å². The van der Waals surface area contributed by atoms with Crippen LogP contribution >= 0.6 is 0 Å². The van der Waals surface area contributed by atoms with Gasteiger partial charge in [-0.3, -0.25) is 9.59 Å². The topological polar surface area (TPSA) is 74.0 Å². The highest BCUT2D eigenvalue weighted by atomic mass is 16.2. The van der Waals surface area contributed by atoms with Gasteiger partial charge in [-0.05, 0) is 36.2 Å². The van der Waals surface area contributed by atoms with Crippen LogP contribution in [0.15, 0.2) is 41.5 Å². The zero-order chi connectivity index (χ0) is 13.9. The fraction of sp³-hybridized carbons (Fsp3) is 0.200. The molecular formula is C15H15N3O2. The number of amides is 1. The molecule has 3 rings (SSSR count). The van der Waals surface area contributed by atoms with E-state index in [4.69, 9.17) is 0 Å². The van der Waals surface area contributed by atoms with E-state index in [9.17, 15) is 9.59 Å². The van der Waals surface area contributed by atoms with Crippen molar-refractivity contribution in [2.45, 2.75) is 13.0 Å². The number of hydrogen-bond donors (Lipinski definition) is 3. The Labute approximate surface area is 116 Å². The van der Waals surface area contributed by atoms with Crippen molar-refractivity contribution in [2.75, 3.05) is 11.9 Å². The first-order valence-electron chi connectivity index (χ1n) is 6.55. The van der Waals surface area contributed by atoms with E-state index in [1.165, 1.54) is 29.6 Å². The van der Waals surface area contributed by atoms with E-state index in [0.29, 0.717) is 5.69 Å². The molecule has 5 nitrogen and oxygen atoms in total. The minimum Gasteiger partial charge on any atom is -0.367 e. The highest BCUT2D eigenvalue weighted by Gasteiger charge is 2.12. The number of aromatic nitrogens is 1. The van der Waals surface area contributed by atoms with Crippen LogP contribution in [0.3, 0.4) is 0 Å². The molecule has 1 aromatic carbocycles. The van der Waals surface area contributed by atoms with Crippen LogP contribution in [-0.4, -0.2) is 17.4 Å². The smallest absolute Gasteiger partial charge is 0.261 e. The number of carbonyl (C=O) groups excluding carboxylic acids is 1. The lowest BCUT2D eigenvalue weighted by Crippen LogP contribution is -2.24. The Hall–Kier alpha value is -2.40. The third-order valence-corrected chi connectivity index (χ3v) is 3.42. The maximum absolute atomic E-state index is 12.1. The highest BCUT2D eigenvalue weighted by Crippen LogP contribution is 2.19. The summed E-state index contributed by atoms with van der Waals surface area (Å²) < 4.78 is 0. The number of H-pyrrole nitrogens is 1. The molecule has 0 radical (unpaired) electrons. The van der Waals surface area contributed by atoms with Gasteiger partial charge in [-0.15, -0.1) is 0 Å². The number of pyridine rings is 1. The Morgan fingerprint density at radius 3 is 2.95 bits per heavy atom. The Bertz CT molecular complexity index is 706. The van der Waals surface area contributed by atoms with E-state index in [1.54, 1.807) is 0 Å². The Morgan fingerprint density at radius 2 is 2.10 bits per heavy atom. The molecule has 2 heterocycles. The molecule has 0 spiro atoms. The lowest BCUT2D eigenvalue weighted by atomic mass is 10.0. The van der Waals surface area contributed by atoms with Crippen molar-refractivity contribution in [2.24, 2.45) is 0 Å². The number of fused-ring (bicyclic) bond motifs is 1. The second-order valence-corrected chi connectivity index (χ2v) is 4.79. The van der Waals surface area contributed by atoms with E-state index < -0.39 is 5.91 Å². The number of benzene rings is 1. The van der Waals surface area contributed by atoms with E-state index in [-0.39, 0.29) is 11.0 Å². The average Bonchev–Trinajstić information content (AvgIpc) is 2.47. The van der Waals surface area contributed by atoms with Crippen LogP contribution in [0, 0.1) is 0 Å². The minimum absolute atomic E-state index is 0.114. The van der Waals surface area contributed by atoms with Crippen molar-refractivity contribution in [3.63, 3.8) is 0 Å². The predicted molar refractivity (Wildman–Crippen MR) is 76.9 cm³/mol. The van der Waals surface area contributed by atoms with Crippen LogP contribution in [0.4, 0.5) is 5.69 Å². The molecule has 3 N–H and O–H groups in total. The maximum atomic E-state index is 12.1. The van der Waals surface area contributed by atoms with Gasteiger partial charge in [0, 0.05) is 30.7 Å².